The van der Waals surface area contributed by atoms with Crippen LogP contribution in [-0.2, 0) is 4.79 Å². The van der Waals surface area contributed by atoms with E-state index in [1.165, 1.54) is 0 Å². The van der Waals surface area contributed by atoms with Crippen LogP contribution in [0.15, 0.2) is 0 Å². The summed E-state index contributed by atoms with van der Waals surface area (Å²) >= 11 is 0. The van der Waals surface area contributed by atoms with Crippen LogP contribution in [0, 0.1) is 0 Å². The van der Waals surface area contributed by atoms with Crippen LogP contribution in [0.1, 0.15) is 13.3 Å². The zero-order chi connectivity index (χ0) is 9.84. The van der Waals surface area contributed by atoms with Crippen molar-refractivity contribution in [1.29, 1.82) is 0 Å². The zero-order valence-electron chi connectivity index (χ0n) is 7.66. The van der Waals surface area contributed by atoms with E-state index < -0.39 is 12.2 Å². The van der Waals surface area contributed by atoms with Crippen LogP contribution in [0.25, 0.3) is 0 Å². The van der Waals surface area contributed by atoms with Gasteiger partial charge in [0, 0.05) is 19.5 Å². The van der Waals surface area contributed by atoms with Gasteiger partial charge < -0.3 is 20.8 Å². The molecule has 0 saturated carbocycles. The van der Waals surface area contributed by atoms with Crippen LogP contribution in [0.5, 0.6) is 0 Å². The molecule has 1 amide bonds. The largest absolute Gasteiger partial charge is 0.389 e. The van der Waals surface area contributed by atoms with Crippen LogP contribution in [0.2, 0.25) is 0 Å². The van der Waals surface area contributed by atoms with E-state index in [-0.39, 0.29) is 11.9 Å². The lowest BCUT2D eigenvalue weighted by Gasteiger charge is -2.16. The molecule has 1 aliphatic heterocycles. The van der Waals surface area contributed by atoms with Gasteiger partial charge in [-0.15, -0.1) is 0 Å². The molecule has 1 rings (SSSR count). The summed E-state index contributed by atoms with van der Waals surface area (Å²) in [4.78, 5) is 10.9. The smallest absolute Gasteiger partial charge is 0.219 e. The van der Waals surface area contributed by atoms with Gasteiger partial charge >= 0.3 is 0 Å². The first kappa shape index (κ1) is 10.4. The third kappa shape index (κ3) is 2.65. The number of nitrogens with one attached hydrogen (secondary N) is 2. The summed E-state index contributed by atoms with van der Waals surface area (Å²) in [5.74, 6) is -0.0459. The Hall–Kier alpha value is -0.650. The molecular formula is C8H16N2O3. The predicted molar refractivity (Wildman–Crippen MR) is 47.1 cm³/mol. The quantitative estimate of drug-likeness (QED) is 0.421. The van der Waals surface area contributed by atoms with E-state index in [2.05, 4.69) is 10.6 Å². The second kappa shape index (κ2) is 4.55. The third-order valence-electron chi connectivity index (χ3n) is 2.24. The van der Waals surface area contributed by atoms with Crippen molar-refractivity contribution in [1.82, 2.24) is 10.6 Å². The maximum Gasteiger partial charge on any atom is 0.219 e. The molecule has 13 heavy (non-hydrogen) atoms. The second-order valence-electron chi connectivity index (χ2n) is 3.23. The van der Waals surface area contributed by atoms with Crippen molar-refractivity contribution in [2.45, 2.75) is 31.6 Å². The summed E-state index contributed by atoms with van der Waals surface area (Å²) in [5, 5.41) is 24.1. The highest BCUT2D eigenvalue weighted by molar-refractivity contribution is 5.75. The lowest BCUT2D eigenvalue weighted by molar-refractivity contribution is -0.120. The fourth-order valence-electron chi connectivity index (χ4n) is 1.32. The Morgan fingerprint density at radius 2 is 2.31 bits per heavy atom. The maximum atomic E-state index is 10.9. The fraction of sp³-hybridized carbons (Fsp3) is 0.875. The zero-order valence-corrected chi connectivity index (χ0v) is 7.66. The van der Waals surface area contributed by atoms with E-state index in [1.807, 2.05) is 0 Å². The van der Waals surface area contributed by atoms with Gasteiger partial charge in [0.25, 0.3) is 0 Å². The van der Waals surface area contributed by atoms with Gasteiger partial charge in [0.15, 0.2) is 0 Å². The van der Waals surface area contributed by atoms with Crippen molar-refractivity contribution >= 4 is 5.91 Å². The molecule has 5 nitrogen and oxygen atoms in total. The molecule has 3 atom stereocenters. The highest BCUT2D eigenvalue weighted by Gasteiger charge is 2.32. The third-order valence-corrected chi connectivity index (χ3v) is 2.24. The minimum Gasteiger partial charge on any atom is -0.389 e. The van der Waals surface area contributed by atoms with Crippen molar-refractivity contribution in [2.75, 3.05) is 13.1 Å². The van der Waals surface area contributed by atoms with Gasteiger partial charge in [-0.25, -0.2) is 0 Å². The van der Waals surface area contributed by atoms with Crippen molar-refractivity contribution in [3.63, 3.8) is 0 Å². The van der Waals surface area contributed by atoms with Gasteiger partial charge in [0.05, 0.1) is 18.2 Å². The first-order chi connectivity index (χ1) is 6.15. The Kier molecular flexibility index (Phi) is 3.65. The van der Waals surface area contributed by atoms with E-state index >= 15 is 0 Å². The highest BCUT2D eigenvalue weighted by Crippen LogP contribution is 2.06. The molecule has 4 N–H and O–H groups in total. The lowest BCUT2D eigenvalue weighted by atomic mass is 10.1. The molecule has 5 heteroatoms. The molecule has 0 aliphatic carbocycles. The molecule has 0 spiro atoms. The first-order valence-corrected chi connectivity index (χ1v) is 4.51. The molecule has 0 radical (unpaired) electrons. The summed E-state index contributed by atoms with van der Waals surface area (Å²) < 4.78 is 0. The summed E-state index contributed by atoms with van der Waals surface area (Å²) in [6.45, 7) is 2.52. The molecular weight excluding hydrogens is 172 g/mol. The van der Waals surface area contributed by atoms with Gasteiger partial charge in [-0.3, -0.25) is 4.79 Å². The molecule has 76 valence electrons. The molecule has 0 aromatic heterocycles. The summed E-state index contributed by atoms with van der Waals surface area (Å²) in [5.41, 5.74) is 0. The molecule has 0 aromatic rings. The number of amides is 1. The van der Waals surface area contributed by atoms with Gasteiger partial charge in [-0.05, 0) is 0 Å². The minimum absolute atomic E-state index is 0.0459. The fourth-order valence-corrected chi connectivity index (χ4v) is 1.32. The molecule has 0 bridgehead atoms. The Labute approximate surface area is 77.1 Å². The average molecular weight is 188 g/mol. The normalized spacial score (nSPS) is 33.3. The number of aliphatic hydroxyl groups excluding tert-OH is 2. The van der Waals surface area contributed by atoms with E-state index in [4.69, 9.17) is 5.11 Å². The monoisotopic (exact) mass is 188 g/mol. The number of hydrogen-bond acceptors (Lipinski definition) is 4. The van der Waals surface area contributed by atoms with E-state index in [0.29, 0.717) is 19.5 Å². The number of carbonyl (C=O) groups excluding carboxylic acids is 1. The van der Waals surface area contributed by atoms with Crippen LogP contribution in [0.4, 0.5) is 0 Å². The van der Waals surface area contributed by atoms with Crippen LogP contribution in [0.3, 0.4) is 0 Å². The number of hydrogen-bond donors (Lipinski definition) is 4. The number of rotatable bonds is 3. The Morgan fingerprint density at radius 3 is 2.77 bits per heavy atom. The summed E-state index contributed by atoms with van der Waals surface area (Å²) in [7, 11) is 0. The Morgan fingerprint density at radius 1 is 1.62 bits per heavy atom. The van der Waals surface area contributed by atoms with Gasteiger partial charge in [-0.1, -0.05) is 6.92 Å². The van der Waals surface area contributed by atoms with Gasteiger partial charge in [0.2, 0.25) is 5.91 Å². The SMILES string of the molecule is CCC(=O)NC[C@@H]1NC[C@H](O)[C@H]1O. The molecule has 1 fully saturated rings. The average Bonchev–Trinajstić information content (AvgIpc) is 2.44. The lowest BCUT2D eigenvalue weighted by Crippen LogP contribution is -2.43. The number of β-amino-alcohol motifs (C(OH)–C–C–N with tert-alkyl or cyclic N) is 1. The topological polar surface area (TPSA) is 81.6 Å². The van der Waals surface area contributed by atoms with Crippen LogP contribution < -0.4 is 10.6 Å². The van der Waals surface area contributed by atoms with E-state index in [9.17, 15) is 9.90 Å². The number of carbonyl (C=O) groups is 1. The van der Waals surface area contributed by atoms with E-state index in [0.717, 1.165) is 0 Å². The molecule has 0 aromatic carbocycles. The summed E-state index contributed by atoms with van der Waals surface area (Å²) in [6, 6.07) is -0.231. The predicted octanol–water partition coefficient (Wildman–Crippen LogP) is -1.79. The minimum atomic E-state index is -0.780. The van der Waals surface area contributed by atoms with Crippen molar-refractivity contribution in [2.24, 2.45) is 0 Å². The van der Waals surface area contributed by atoms with Gasteiger partial charge in [-0.2, -0.15) is 0 Å². The van der Waals surface area contributed by atoms with E-state index in [1.54, 1.807) is 6.92 Å². The molecule has 1 aliphatic rings. The Bertz CT molecular complexity index is 186. The molecule has 1 heterocycles. The number of aliphatic hydroxyl groups is 2. The molecule has 1 saturated heterocycles. The standard InChI is InChI=1S/C8H16N2O3/c1-2-7(12)10-3-5-8(13)6(11)4-9-5/h5-6,8-9,11,13H,2-4H2,1H3,(H,10,12)/t5-,6-,8-/m0/s1. The van der Waals surface area contributed by atoms with Crippen molar-refractivity contribution < 1.29 is 15.0 Å². The summed E-state index contributed by atoms with van der Waals surface area (Å²) in [6.07, 6.45) is -1.06. The molecule has 0 unspecified atom stereocenters. The van der Waals surface area contributed by atoms with Crippen molar-refractivity contribution in [3.05, 3.63) is 0 Å². The highest BCUT2D eigenvalue weighted by atomic mass is 16.3. The van der Waals surface area contributed by atoms with Crippen molar-refractivity contribution in [3.8, 4) is 0 Å². The Balaban J connectivity index is 2.26. The maximum absolute atomic E-state index is 10.9. The van der Waals surface area contributed by atoms with Crippen LogP contribution in [-0.4, -0.2) is 47.5 Å². The van der Waals surface area contributed by atoms with Gasteiger partial charge in [0.1, 0.15) is 0 Å². The van der Waals surface area contributed by atoms with Crippen LogP contribution >= 0.6 is 0 Å². The first-order valence-electron chi connectivity index (χ1n) is 4.51. The second-order valence-corrected chi connectivity index (χ2v) is 3.23.